The van der Waals surface area contributed by atoms with Gasteiger partial charge in [0.2, 0.25) is 16.8 Å². The zero-order chi connectivity index (χ0) is 23.6. The van der Waals surface area contributed by atoms with Crippen molar-refractivity contribution in [2.45, 2.75) is 30.7 Å². The Hall–Kier alpha value is -3.31. The van der Waals surface area contributed by atoms with Crippen molar-refractivity contribution in [3.8, 4) is 17.2 Å². The number of carbonyl (C=O) groups excluding carboxylic acids is 2. The molecule has 0 saturated carbocycles. The third kappa shape index (κ3) is 4.88. The molecule has 1 saturated heterocycles. The fourth-order valence-electron chi connectivity index (χ4n) is 3.76. The highest BCUT2D eigenvalue weighted by atomic mass is 32.2. The summed E-state index contributed by atoms with van der Waals surface area (Å²) in [5.41, 5.74) is 6.15. The molecular formula is C22H25N3O7S. The second-order valence-corrected chi connectivity index (χ2v) is 9.76. The quantitative estimate of drug-likeness (QED) is 0.591. The summed E-state index contributed by atoms with van der Waals surface area (Å²) in [6, 6.07) is 8.94. The van der Waals surface area contributed by atoms with Gasteiger partial charge in [0.05, 0.1) is 16.5 Å². The van der Waals surface area contributed by atoms with Gasteiger partial charge in [0.1, 0.15) is 5.75 Å². The predicted octanol–water partition coefficient (Wildman–Crippen LogP) is 1.55. The maximum atomic E-state index is 12.8. The van der Waals surface area contributed by atoms with Crippen LogP contribution in [0.15, 0.2) is 41.3 Å². The summed E-state index contributed by atoms with van der Waals surface area (Å²) in [6.07, 6.45) is 1.59. The molecule has 0 spiro atoms. The van der Waals surface area contributed by atoms with Crippen LogP contribution in [0.25, 0.3) is 0 Å². The number of ether oxygens (including phenoxy) is 3. The Kier molecular flexibility index (Phi) is 6.43. The van der Waals surface area contributed by atoms with E-state index in [-0.39, 0.29) is 35.7 Å². The molecule has 2 aliphatic rings. The van der Waals surface area contributed by atoms with Gasteiger partial charge in [0.15, 0.2) is 18.1 Å². The minimum Gasteiger partial charge on any atom is -0.483 e. The molecule has 11 heteroatoms. The first-order chi connectivity index (χ1) is 15.8. The zero-order valence-electron chi connectivity index (χ0n) is 18.1. The molecule has 33 heavy (non-hydrogen) atoms. The molecule has 3 N–H and O–H groups in total. The lowest BCUT2D eigenvalue weighted by atomic mass is 10.1. The van der Waals surface area contributed by atoms with Crippen molar-refractivity contribution < 1.29 is 32.2 Å². The van der Waals surface area contributed by atoms with Crippen molar-refractivity contribution in [2.24, 2.45) is 5.73 Å². The summed E-state index contributed by atoms with van der Waals surface area (Å²) >= 11 is 0. The average molecular weight is 476 g/mol. The Morgan fingerprint density at radius 2 is 1.85 bits per heavy atom. The summed E-state index contributed by atoms with van der Waals surface area (Å²) in [7, 11) is -3.72. The second-order valence-electron chi connectivity index (χ2n) is 7.82. The molecule has 0 bridgehead atoms. The highest BCUT2D eigenvalue weighted by molar-refractivity contribution is 7.89. The number of benzene rings is 2. The maximum Gasteiger partial charge on any atom is 0.258 e. The fourth-order valence-corrected chi connectivity index (χ4v) is 5.30. The molecule has 0 aromatic heterocycles. The highest BCUT2D eigenvalue weighted by Crippen LogP contribution is 2.34. The van der Waals surface area contributed by atoms with E-state index in [1.54, 1.807) is 12.1 Å². The van der Waals surface area contributed by atoms with Crippen LogP contribution in [0.4, 0.5) is 0 Å². The van der Waals surface area contributed by atoms with Crippen molar-refractivity contribution in [1.29, 1.82) is 0 Å². The lowest BCUT2D eigenvalue weighted by Gasteiger charge is -2.18. The van der Waals surface area contributed by atoms with Crippen molar-refractivity contribution in [2.75, 3.05) is 26.5 Å². The topological polar surface area (TPSA) is 137 Å². The van der Waals surface area contributed by atoms with Crippen LogP contribution >= 0.6 is 0 Å². The summed E-state index contributed by atoms with van der Waals surface area (Å²) in [5.74, 6) is 0.0189. The van der Waals surface area contributed by atoms with Crippen LogP contribution in [-0.2, 0) is 14.8 Å². The molecule has 0 unspecified atom stereocenters. The lowest BCUT2D eigenvalue weighted by molar-refractivity contribution is -0.123. The van der Waals surface area contributed by atoms with Crippen molar-refractivity contribution >= 4 is 21.8 Å². The van der Waals surface area contributed by atoms with Crippen LogP contribution in [-0.4, -0.2) is 51.0 Å². The van der Waals surface area contributed by atoms with Gasteiger partial charge in [-0.25, -0.2) is 8.42 Å². The molecule has 2 aromatic carbocycles. The van der Waals surface area contributed by atoms with E-state index < -0.39 is 21.8 Å². The molecule has 2 heterocycles. The first-order valence-corrected chi connectivity index (χ1v) is 12.0. The van der Waals surface area contributed by atoms with Crippen molar-refractivity contribution in [3.05, 3.63) is 47.5 Å². The van der Waals surface area contributed by atoms with E-state index in [1.165, 1.54) is 22.5 Å². The van der Waals surface area contributed by atoms with Gasteiger partial charge in [0, 0.05) is 13.1 Å². The summed E-state index contributed by atoms with van der Waals surface area (Å²) in [4.78, 5) is 24.3. The summed E-state index contributed by atoms with van der Waals surface area (Å²) in [5, 5.41) is 2.80. The van der Waals surface area contributed by atoms with Crippen LogP contribution in [0.5, 0.6) is 17.2 Å². The number of hydrogen-bond acceptors (Lipinski definition) is 7. The Morgan fingerprint density at radius 3 is 2.58 bits per heavy atom. The molecule has 2 amide bonds. The van der Waals surface area contributed by atoms with Gasteiger partial charge in [-0.1, -0.05) is 6.07 Å². The Labute approximate surface area is 191 Å². The highest BCUT2D eigenvalue weighted by Gasteiger charge is 2.28. The third-order valence-electron chi connectivity index (χ3n) is 5.55. The van der Waals surface area contributed by atoms with E-state index in [9.17, 15) is 18.0 Å². The summed E-state index contributed by atoms with van der Waals surface area (Å²) in [6.45, 7) is 2.46. The normalized spacial score (nSPS) is 16.4. The zero-order valence-corrected chi connectivity index (χ0v) is 18.9. The van der Waals surface area contributed by atoms with E-state index in [0.717, 1.165) is 18.4 Å². The largest absolute Gasteiger partial charge is 0.483 e. The molecule has 2 aromatic rings. The lowest BCUT2D eigenvalue weighted by Crippen LogP contribution is -2.31. The number of rotatable bonds is 8. The van der Waals surface area contributed by atoms with Crippen LogP contribution in [0.1, 0.15) is 41.7 Å². The first-order valence-electron chi connectivity index (χ1n) is 10.5. The van der Waals surface area contributed by atoms with Crippen LogP contribution < -0.4 is 25.3 Å². The number of primary amides is 1. The second kappa shape index (κ2) is 9.28. The van der Waals surface area contributed by atoms with Gasteiger partial charge in [-0.15, -0.1) is 0 Å². The Bertz CT molecular complexity index is 1180. The number of nitrogens with two attached hydrogens (primary N) is 1. The molecule has 2 aliphatic heterocycles. The van der Waals surface area contributed by atoms with E-state index in [2.05, 4.69) is 5.32 Å². The molecule has 10 nitrogen and oxygen atoms in total. The third-order valence-corrected chi connectivity index (χ3v) is 7.45. The Balaban J connectivity index is 1.42. The molecule has 0 radical (unpaired) electrons. The molecule has 176 valence electrons. The number of fused-ring (bicyclic) bond motifs is 1. The first kappa shape index (κ1) is 22.9. The van der Waals surface area contributed by atoms with Gasteiger partial charge in [0.25, 0.3) is 11.8 Å². The number of carbonyl (C=O) groups is 2. The van der Waals surface area contributed by atoms with E-state index in [4.69, 9.17) is 19.9 Å². The van der Waals surface area contributed by atoms with Gasteiger partial charge >= 0.3 is 0 Å². The van der Waals surface area contributed by atoms with Crippen LogP contribution in [0.3, 0.4) is 0 Å². The SMILES string of the molecule is C[C@H](NC(=O)COc1ccc(S(=O)(=O)N2CCCC2)cc1C(N)=O)c1ccc2c(c1)OCO2. The van der Waals surface area contributed by atoms with Crippen LogP contribution in [0.2, 0.25) is 0 Å². The van der Waals surface area contributed by atoms with Crippen molar-refractivity contribution in [1.82, 2.24) is 9.62 Å². The molecule has 4 rings (SSSR count). The standard InChI is InChI=1S/C22H25N3O7S/c1-14(15-4-6-19-20(10-15)32-13-31-19)24-21(26)12-30-18-7-5-16(11-17(18)22(23)27)33(28,29)25-8-2-3-9-25/h4-7,10-11,14H,2-3,8-9,12-13H2,1H3,(H2,23,27)(H,24,26)/t14-/m0/s1. The molecular weight excluding hydrogens is 450 g/mol. The van der Waals surface area contributed by atoms with Crippen LogP contribution in [0, 0.1) is 0 Å². The smallest absolute Gasteiger partial charge is 0.258 e. The number of nitrogens with one attached hydrogen (secondary N) is 1. The average Bonchev–Trinajstić information content (AvgIpc) is 3.49. The maximum absolute atomic E-state index is 12.8. The minimum atomic E-state index is -3.72. The van der Waals surface area contributed by atoms with E-state index in [0.29, 0.717) is 24.6 Å². The molecule has 1 fully saturated rings. The van der Waals surface area contributed by atoms with Gasteiger partial charge in [-0.05, 0) is 55.7 Å². The minimum absolute atomic E-state index is 0.0357. The summed E-state index contributed by atoms with van der Waals surface area (Å²) < 4.78 is 43.0. The predicted molar refractivity (Wildman–Crippen MR) is 118 cm³/mol. The van der Waals surface area contributed by atoms with E-state index >= 15 is 0 Å². The van der Waals surface area contributed by atoms with Crippen molar-refractivity contribution in [3.63, 3.8) is 0 Å². The number of amides is 2. The number of nitrogens with zero attached hydrogens (tertiary/aromatic N) is 1. The molecule has 1 atom stereocenters. The van der Waals surface area contributed by atoms with Gasteiger partial charge in [-0.2, -0.15) is 4.31 Å². The van der Waals surface area contributed by atoms with Gasteiger partial charge in [-0.3, -0.25) is 9.59 Å². The van der Waals surface area contributed by atoms with Gasteiger partial charge < -0.3 is 25.3 Å². The fraction of sp³-hybridized carbons (Fsp3) is 0.364. The number of sulfonamides is 1. The Morgan fingerprint density at radius 1 is 1.12 bits per heavy atom. The molecule has 0 aliphatic carbocycles. The van der Waals surface area contributed by atoms with E-state index in [1.807, 2.05) is 13.0 Å². The number of hydrogen-bond donors (Lipinski definition) is 2. The monoisotopic (exact) mass is 475 g/mol.